The highest BCUT2D eigenvalue weighted by molar-refractivity contribution is 5.42. The number of aromatic hydroxyl groups is 1. The molecule has 0 saturated heterocycles. The Labute approximate surface area is 84.7 Å². The minimum Gasteiger partial charge on any atom is -0.507 e. The molecule has 1 atom stereocenters. The minimum atomic E-state index is 0.0292. The van der Waals surface area contributed by atoms with Crippen molar-refractivity contribution in [2.45, 2.75) is 32.2 Å². The second kappa shape index (κ2) is 3.62. The van der Waals surface area contributed by atoms with Crippen LogP contribution in [0.5, 0.6) is 5.75 Å². The highest BCUT2D eigenvalue weighted by Gasteiger charge is 2.31. The number of rotatable bonds is 3. The minimum absolute atomic E-state index is 0.0292. The number of para-hydroxylation sites is 1. The zero-order chi connectivity index (χ0) is 10.1. The Morgan fingerprint density at radius 3 is 2.79 bits per heavy atom. The van der Waals surface area contributed by atoms with Gasteiger partial charge in [-0.2, -0.15) is 0 Å². The van der Waals surface area contributed by atoms with Crippen molar-refractivity contribution >= 4 is 0 Å². The number of phenols is 1. The van der Waals surface area contributed by atoms with E-state index in [4.69, 9.17) is 5.73 Å². The van der Waals surface area contributed by atoms with Crippen molar-refractivity contribution < 1.29 is 5.11 Å². The molecule has 76 valence electrons. The fourth-order valence-electron chi connectivity index (χ4n) is 1.87. The maximum absolute atomic E-state index is 9.96. The molecule has 0 radical (unpaired) electrons. The van der Waals surface area contributed by atoms with Crippen LogP contribution in [0, 0.1) is 5.92 Å². The molecule has 0 heterocycles. The van der Waals surface area contributed by atoms with Gasteiger partial charge in [-0.05, 0) is 30.7 Å². The molecule has 1 saturated carbocycles. The van der Waals surface area contributed by atoms with E-state index in [1.807, 2.05) is 25.1 Å². The van der Waals surface area contributed by atoms with Gasteiger partial charge in [0.15, 0.2) is 0 Å². The summed E-state index contributed by atoms with van der Waals surface area (Å²) in [6.07, 6.45) is 3.27. The summed E-state index contributed by atoms with van der Waals surface area (Å²) < 4.78 is 0. The van der Waals surface area contributed by atoms with Gasteiger partial charge in [0.2, 0.25) is 0 Å². The van der Waals surface area contributed by atoms with E-state index >= 15 is 0 Å². The highest BCUT2D eigenvalue weighted by Crippen LogP contribution is 2.42. The van der Waals surface area contributed by atoms with Crippen molar-refractivity contribution in [1.82, 2.24) is 0 Å². The van der Waals surface area contributed by atoms with E-state index in [0.29, 0.717) is 11.7 Å². The van der Waals surface area contributed by atoms with Crippen LogP contribution in [0.15, 0.2) is 18.2 Å². The standard InChI is InChI=1S/C12H17NO/c1-2-8-4-3-5-10(12(8)14)11(13)9-6-7-9/h3-5,9,11,14H,2,6-7,13H2,1H3. The Hall–Kier alpha value is -1.02. The third-order valence-electron chi connectivity index (χ3n) is 3.02. The molecule has 0 aliphatic heterocycles. The van der Waals surface area contributed by atoms with Crippen LogP contribution < -0.4 is 5.73 Å². The van der Waals surface area contributed by atoms with Gasteiger partial charge in [0.1, 0.15) is 5.75 Å². The molecule has 2 nitrogen and oxygen atoms in total. The molecular formula is C12H17NO. The Bertz CT molecular complexity index is 331. The molecule has 1 aliphatic carbocycles. The summed E-state index contributed by atoms with van der Waals surface area (Å²) in [5.74, 6) is 1.00. The molecule has 0 spiro atoms. The van der Waals surface area contributed by atoms with Gasteiger partial charge < -0.3 is 10.8 Å². The van der Waals surface area contributed by atoms with Gasteiger partial charge in [0.05, 0.1) is 0 Å². The van der Waals surface area contributed by atoms with E-state index in [2.05, 4.69) is 0 Å². The maximum Gasteiger partial charge on any atom is 0.123 e. The van der Waals surface area contributed by atoms with E-state index in [0.717, 1.165) is 17.5 Å². The number of hydrogen-bond donors (Lipinski definition) is 2. The third kappa shape index (κ3) is 1.62. The number of aryl methyl sites for hydroxylation is 1. The predicted octanol–water partition coefficient (Wildman–Crippen LogP) is 2.36. The summed E-state index contributed by atoms with van der Waals surface area (Å²) in [6, 6.07) is 5.91. The molecule has 0 amide bonds. The molecule has 1 aliphatic rings. The number of phenolic OH excluding ortho intramolecular Hbond substituents is 1. The van der Waals surface area contributed by atoms with Crippen LogP contribution in [0.1, 0.15) is 36.9 Å². The quantitative estimate of drug-likeness (QED) is 0.770. The first-order valence-electron chi connectivity index (χ1n) is 5.30. The first-order chi connectivity index (χ1) is 6.74. The van der Waals surface area contributed by atoms with E-state index in [1.165, 1.54) is 12.8 Å². The van der Waals surface area contributed by atoms with Crippen molar-refractivity contribution in [3.05, 3.63) is 29.3 Å². The molecule has 2 heteroatoms. The molecule has 0 bridgehead atoms. The summed E-state index contributed by atoms with van der Waals surface area (Å²) in [5.41, 5.74) is 7.99. The van der Waals surface area contributed by atoms with Crippen LogP contribution in [0.25, 0.3) is 0 Å². The second-order valence-electron chi connectivity index (χ2n) is 4.07. The van der Waals surface area contributed by atoms with Crippen molar-refractivity contribution in [2.24, 2.45) is 11.7 Å². The normalized spacial score (nSPS) is 18.1. The molecule has 14 heavy (non-hydrogen) atoms. The van der Waals surface area contributed by atoms with Crippen LogP contribution in [-0.4, -0.2) is 5.11 Å². The second-order valence-corrected chi connectivity index (χ2v) is 4.07. The topological polar surface area (TPSA) is 46.2 Å². The van der Waals surface area contributed by atoms with Gasteiger partial charge in [-0.15, -0.1) is 0 Å². The van der Waals surface area contributed by atoms with Crippen molar-refractivity contribution in [3.63, 3.8) is 0 Å². The third-order valence-corrected chi connectivity index (χ3v) is 3.02. The molecular weight excluding hydrogens is 174 g/mol. The lowest BCUT2D eigenvalue weighted by molar-refractivity contribution is 0.450. The molecule has 1 fully saturated rings. The van der Waals surface area contributed by atoms with Gasteiger partial charge in [-0.1, -0.05) is 25.1 Å². The maximum atomic E-state index is 9.96. The Balaban J connectivity index is 2.31. The summed E-state index contributed by atoms with van der Waals surface area (Å²) >= 11 is 0. The lowest BCUT2D eigenvalue weighted by Gasteiger charge is -2.14. The molecule has 1 aromatic rings. The molecule has 0 aromatic heterocycles. The summed E-state index contributed by atoms with van der Waals surface area (Å²) in [7, 11) is 0. The van der Waals surface area contributed by atoms with Gasteiger partial charge in [-0.3, -0.25) is 0 Å². The summed E-state index contributed by atoms with van der Waals surface area (Å²) in [4.78, 5) is 0. The smallest absolute Gasteiger partial charge is 0.123 e. The Morgan fingerprint density at radius 2 is 2.21 bits per heavy atom. The van der Waals surface area contributed by atoms with Crippen molar-refractivity contribution in [2.75, 3.05) is 0 Å². The molecule has 3 N–H and O–H groups in total. The van der Waals surface area contributed by atoms with E-state index in [1.54, 1.807) is 0 Å². The Kier molecular flexibility index (Phi) is 2.46. The van der Waals surface area contributed by atoms with Crippen LogP contribution in [-0.2, 0) is 6.42 Å². The average Bonchev–Trinajstić information content (AvgIpc) is 3.00. The van der Waals surface area contributed by atoms with Crippen LogP contribution in [0.3, 0.4) is 0 Å². The van der Waals surface area contributed by atoms with E-state index in [9.17, 15) is 5.11 Å². The zero-order valence-corrected chi connectivity index (χ0v) is 8.53. The van der Waals surface area contributed by atoms with Gasteiger partial charge in [0.25, 0.3) is 0 Å². The first-order valence-corrected chi connectivity index (χ1v) is 5.30. The average molecular weight is 191 g/mol. The number of benzene rings is 1. The molecule has 1 aromatic carbocycles. The first kappa shape index (κ1) is 9.53. The van der Waals surface area contributed by atoms with Gasteiger partial charge in [0, 0.05) is 11.6 Å². The van der Waals surface area contributed by atoms with Crippen molar-refractivity contribution in [1.29, 1.82) is 0 Å². The van der Waals surface area contributed by atoms with Crippen LogP contribution in [0.4, 0.5) is 0 Å². The van der Waals surface area contributed by atoms with Crippen LogP contribution in [0.2, 0.25) is 0 Å². The summed E-state index contributed by atoms with van der Waals surface area (Å²) in [6.45, 7) is 2.04. The zero-order valence-electron chi connectivity index (χ0n) is 8.53. The van der Waals surface area contributed by atoms with Crippen LogP contribution >= 0.6 is 0 Å². The lowest BCUT2D eigenvalue weighted by Crippen LogP contribution is -2.12. The largest absolute Gasteiger partial charge is 0.507 e. The molecule has 1 unspecified atom stereocenters. The monoisotopic (exact) mass is 191 g/mol. The molecule has 2 rings (SSSR count). The summed E-state index contributed by atoms with van der Waals surface area (Å²) in [5, 5.41) is 9.96. The predicted molar refractivity (Wildman–Crippen MR) is 57.1 cm³/mol. The Morgan fingerprint density at radius 1 is 1.50 bits per heavy atom. The lowest BCUT2D eigenvalue weighted by atomic mass is 9.98. The van der Waals surface area contributed by atoms with E-state index < -0.39 is 0 Å². The van der Waals surface area contributed by atoms with Crippen molar-refractivity contribution in [3.8, 4) is 5.75 Å². The van der Waals surface area contributed by atoms with Gasteiger partial charge >= 0.3 is 0 Å². The van der Waals surface area contributed by atoms with Gasteiger partial charge in [-0.25, -0.2) is 0 Å². The number of nitrogens with two attached hydrogens (primary N) is 1. The van der Waals surface area contributed by atoms with E-state index in [-0.39, 0.29) is 6.04 Å². The SMILES string of the molecule is CCc1cccc(C(N)C2CC2)c1O. The number of hydrogen-bond acceptors (Lipinski definition) is 2. The fourth-order valence-corrected chi connectivity index (χ4v) is 1.87. The highest BCUT2D eigenvalue weighted by atomic mass is 16.3. The fraction of sp³-hybridized carbons (Fsp3) is 0.500.